The summed E-state index contributed by atoms with van der Waals surface area (Å²) in [5.74, 6) is -0.122. The highest BCUT2D eigenvalue weighted by molar-refractivity contribution is 9.10. The Labute approximate surface area is 81.9 Å². The Kier molecular flexibility index (Phi) is 1.88. The van der Waals surface area contributed by atoms with Crippen molar-refractivity contribution in [2.45, 2.75) is 0 Å². The van der Waals surface area contributed by atoms with E-state index >= 15 is 0 Å². The molecule has 0 aliphatic rings. The Morgan fingerprint density at radius 2 is 2.08 bits per heavy atom. The molecule has 3 nitrogen and oxygen atoms in total. The first kappa shape index (κ1) is 8.37. The lowest BCUT2D eigenvalue weighted by molar-refractivity contribution is 0.630. The summed E-state index contributed by atoms with van der Waals surface area (Å²) in [5, 5.41) is 0.531. The largest absolute Gasteiger partial charge is 0.383 e. The van der Waals surface area contributed by atoms with Gasteiger partial charge in [0.1, 0.15) is 17.7 Å². The molecule has 0 fully saturated rings. The highest BCUT2D eigenvalue weighted by Crippen LogP contribution is 2.25. The smallest absolute Gasteiger partial charge is 0.163 e. The molecule has 0 amide bonds. The lowest BCUT2D eigenvalue weighted by Crippen LogP contribution is -1.95. The normalized spacial score (nSPS) is 10.6. The molecule has 0 spiro atoms. The molecule has 1 aromatic heterocycles. The Balaban J connectivity index is 2.94. The van der Waals surface area contributed by atoms with E-state index in [0.29, 0.717) is 9.86 Å². The zero-order valence-electron chi connectivity index (χ0n) is 6.46. The first-order valence-electron chi connectivity index (χ1n) is 3.54. The summed E-state index contributed by atoms with van der Waals surface area (Å²) in [6.45, 7) is 0. The summed E-state index contributed by atoms with van der Waals surface area (Å²) in [5.41, 5.74) is 5.78. The van der Waals surface area contributed by atoms with Crippen LogP contribution in [-0.4, -0.2) is 9.97 Å². The van der Waals surface area contributed by atoms with Gasteiger partial charge in [-0.05, 0) is 28.1 Å². The van der Waals surface area contributed by atoms with E-state index in [-0.39, 0.29) is 11.3 Å². The van der Waals surface area contributed by atoms with Gasteiger partial charge in [0.2, 0.25) is 0 Å². The zero-order valence-corrected chi connectivity index (χ0v) is 8.05. The van der Waals surface area contributed by atoms with E-state index in [1.165, 1.54) is 6.33 Å². The van der Waals surface area contributed by atoms with Gasteiger partial charge in [-0.1, -0.05) is 0 Å². The van der Waals surface area contributed by atoms with Crippen molar-refractivity contribution in [3.05, 3.63) is 28.7 Å². The minimum atomic E-state index is -0.411. The molecule has 0 atom stereocenters. The SMILES string of the molecule is Nc1ncnc2c(F)c(Br)ccc12. The van der Waals surface area contributed by atoms with Crippen molar-refractivity contribution in [1.82, 2.24) is 9.97 Å². The van der Waals surface area contributed by atoms with Gasteiger partial charge in [-0.25, -0.2) is 14.4 Å². The molecule has 0 aliphatic heterocycles. The highest BCUT2D eigenvalue weighted by atomic mass is 79.9. The predicted molar refractivity (Wildman–Crippen MR) is 51.6 cm³/mol. The van der Waals surface area contributed by atoms with Gasteiger partial charge < -0.3 is 5.73 Å². The number of aromatic nitrogens is 2. The summed E-state index contributed by atoms with van der Waals surface area (Å²) in [6.07, 6.45) is 1.24. The maximum absolute atomic E-state index is 13.4. The summed E-state index contributed by atoms with van der Waals surface area (Å²) in [4.78, 5) is 7.57. The number of hydrogen-bond donors (Lipinski definition) is 1. The molecule has 66 valence electrons. The third-order valence-electron chi connectivity index (χ3n) is 1.73. The quantitative estimate of drug-likeness (QED) is 0.769. The third-order valence-corrected chi connectivity index (χ3v) is 2.34. The second-order valence-electron chi connectivity index (χ2n) is 2.52. The zero-order chi connectivity index (χ0) is 9.42. The summed E-state index contributed by atoms with van der Waals surface area (Å²) < 4.78 is 13.8. The molecule has 2 rings (SSSR count). The molecule has 5 heteroatoms. The standard InChI is InChI=1S/C8H5BrFN3/c9-5-2-1-4-7(6(5)10)12-3-13-8(4)11/h1-3H,(H2,11,12,13). The van der Waals surface area contributed by atoms with Gasteiger partial charge >= 0.3 is 0 Å². The van der Waals surface area contributed by atoms with Gasteiger partial charge in [-0.3, -0.25) is 0 Å². The lowest BCUT2D eigenvalue weighted by Gasteiger charge is -2.01. The molecule has 2 aromatic rings. The van der Waals surface area contributed by atoms with Gasteiger partial charge in [0, 0.05) is 5.39 Å². The van der Waals surface area contributed by atoms with E-state index in [9.17, 15) is 4.39 Å². The molecule has 1 aromatic carbocycles. The van der Waals surface area contributed by atoms with Crippen molar-refractivity contribution in [3.8, 4) is 0 Å². The van der Waals surface area contributed by atoms with Crippen LogP contribution in [0.25, 0.3) is 10.9 Å². The first-order valence-corrected chi connectivity index (χ1v) is 4.33. The van der Waals surface area contributed by atoms with Crippen LogP contribution in [0.5, 0.6) is 0 Å². The van der Waals surface area contributed by atoms with Gasteiger partial charge in [0.05, 0.1) is 4.47 Å². The van der Waals surface area contributed by atoms with Gasteiger partial charge in [-0.15, -0.1) is 0 Å². The number of anilines is 1. The molecule has 0 saturated carbocycles. The number of rotatable bonds is 0. The minimum absolute atomic E-state index is 0.238. The molecular formula is C8H5BrFN3. The molecule has 0 radical (unpaired) electrons. The van der Waals surface area contributed by atoms with Gasteiger partial charge in [0.15, 0.2) is 5.82 Å². The number of fused-ring (bicyclic) bond motifs is 1. The van der Waals surface area contributed by atoms with Crippen molar-refractivity contribution < 1.29 is 4.39 Å². The van der Waals surface area contributed by atoms with Crippen LogP contribution < -0.4 is 5.73 Å². The number of nitrogens with zero attached hydrogens (tertiary/aromatic N) is 2. The van der Waals surface area contributed by atoms with Gasteiger partial charge in [-0.2, -0.15) is 0 Å². The van der Waals surface area contributed by atoms with E-state index in [1.54, 1.807) is 12.1 Å². The Morgan fingerprint density at radius 1 is 1.31 bits per heavy atom. The van der Waals surface area contributed by atoms with E-state index in [2.05, 4.69) is 25.9 Å². The van der Waals surface area contributed by atoms with Crippen LogP contribution in [0.2, 0.25) is 0 Å². The van der Waals surface area contributed by atoms with Crippen LogP contribution in [-0.2, 0) is 0 Å². The number of nitrogens with two attached hydrogens (primary N) is 1. The molecule has 1 heterocycles. The summed E-state index contributed by atoms with van der Waals surface area (Å²) in [7, 11) is 0. The lowest BCUT2D eigenvalue weighted by atomic mass is 10.2. The molecule has 2 N–H and O–H groups in total. The van der Waals surface area contributed by atoms with Crippen molar-refractivity contribution >= 4 is 32.7 Å². The van der Waals surface area contributed by atoms with Crippen molar-refractivity contribution in [2.24, 2.45) is 0 Å². The van der Waals surface area contributed by atoms with Crippen LogP contribution in [0.3, 0.4) is 0 Å². The van der Waals surface area contributed by atoms with Crippen LogP contribution in [0.4, 0.5) is 10.2 Å². The third kappa shape index (κ3) is 1.25. The Morgan fingerprint density at radius 3 is 2.85 bits per heavy atom. The minimum Gasteiger partial charge on any atom is -0.383 e. The predicted octanol–water partition coefficient (Wildman–Crippen LogP) is 2.11. The fourth-order valence-corrected chi connectivity index (χ4v) is 1.41. The average molecular weight is 242 g/mol. The van der Waals surface area contributed by atoms with E-state index in [1.807, 2.05) is 0 Å². The molecule has 0 saturated heterocycles. The number of halogens is 2. The summed E-state index contributed by atoms with van der Waals surface area (Å²) >= 11 is 3.06. The van der Waals surface area contributed by atoms with E-state index in [4.69, 9.17) is 5.73 Å². The molecule has 13 heavy (non-hydrogen) atoms. The van der Waals surface area contributed by atoms with Crippen molar-refractivity contribution in [2.75, 3.05) is 5.73 Å². The Bertz CT molecular complexity index is 472. The summed E-state index contributed by atoms with van der Waals surface area (Å²) in [6, 6.07) is 3.26. The molecule has 0 aliphatic carbocycles. The van der Waals surface area contributed by atoms with Crippen molar-refractivity contribution in [3.63, 3.8) is 0 Å². The van der Waals surface area contributed by atoms with Crippen LogP contribution in [0.1, 0.15) is 0 Å². The van der Waals surface area contributed by atoms with Gasteiger partial charge in [0.25, 0.3) is 0 Å². The van der Waals surface area contributed by atoms with Crippen LogP contribution in [0.15, 0.2) is 22.9 Å². The Hall–Kier alpha value is -1.23. The second-order valence-corrected chi connectivity index (χ2v) is 3.37. The highest BCUT2D eigenvalue weighted by Gasteiger charge is 2.08. The second kappa shape index (κ2) is 2.92. The number of nitrogen functional groups attached to an aromatic ring is 1. The van der Waals surface area contributed by atoms with E-state index in [0.717, 1.165) is 0 Å². The fraction of sp³-hybridized carbons (Fsp3) is 0. The maximum atomic E-state index is 13.4. The first-order chi connectivity index (χ1) is 6.20. The number of hydrogen-bond acceptors (Lipinski definition) is 3. The average Bonchev–Trinajstić information content (AvgIpc) is 2.12. The van der Waals surface area contributed by atoms with Crippen molar-refractivity contribution in [1.29, 1.82) is 0 Å². The topological polar surface area (TPSA) is 51.8 Å². The molecule has 0 bridgehead atoms. The van der Waals surface area contributed by atoms with Crippen LogP contribution in [0, 0.1) is 5.82 Å². The molecule has 0 unspecified atom stereocenters. The molecular weight excluding hydrogens is 237 g/mol. The monoisotopic (exact) mass is 241 g/mol. The maximum Gasteiger partial charge on any atom is 0.163 e. The van der Waals surface area contributed by atoms with Crippen LogP contribution >= 0.6 is 15.9 Å². The fourth-order valence-electron chi connectivity index (χ4n) is 1.09. The number of benzene rings is 1. The van der Waals surface area contributed by atoms with E-state index < -0.39 is 5.82 Å².